The highest BCUT2D eigenvalue weighted by Gasteiger charge is 2.09. The van der Waals surface area contributed by atoms with Crippen LogP contribution in [0, 0.1) is 35.1 Å². The molecule has 0 aliphatic carbocycles. The maximum absolute atomic E-state index is 14.1. The lowest BCUT2D eigenvalue weighted by molar-refractivity contribution is 0.511. The van der Waals surface area contributed by atoms with Gasteiger partial charge in [-0.15, -0.1) is 0 Å². The summed E-state index contributed by atoms with van der Waals surface area (Å²) in [5.41, 5.74) is 0.742. The summed E-state index contributed by atoms with van der Waals surface area (Å²) >= 11 is 0. The van der Waals surface area contributed by atoms with Gasteiger partial charge in [-0.2, -0.15) is 0 Å². The van der Waals surface area contributed by atoms with Gasteiger partial charge < -0.3 is 0 Å². The zero-order valence-corrected chi connectivity index (χ0v) is 13.5. The maximum atomic E-state index is 14.1. The molecule has 3 aromatic carbocycles. The van der Waals surface area contributed by atoms with Crippen molar-refractivity contribution in [2.24, 2.45) is 0 Å². The van der Waals surface area contributed by atoms with Gasteiger partial charge in [0, 0.05) is 5.56 Å². The summed E-state index contributed by atoms with van der Waals surface area (Å²) in [5.74, 6) is 1.87. The van der Waals surface area contributed by atoms with Gasteiger partial charge in [0.1, 0.15) is 11.6 Å². The van der Waals surface area contributed by atoms with Crippen LogP contribution in [0.3, 0.4) is 0 Å². The van der Waals surface area contributed by atoms with Crippen molar-refractivity contribution in [3.63, 3.8) is 0 Å². The lowest BCUT2D eigenvalue weighted by Gasteiger charge is -2.03. The maximum Gasteiger partial charge on any atom is 0.159 e. The normalized spacial score (nSPS) is 10.6. The van der Waals surface area contributed by atoms with E-state index in [1.54, 1.807) is 18.2 Å². The summed E-state index contributed by atoms with van der Waals surface area (Å²) in [6, 6.07) is 9.45. The number of benzene rings is 3. The Labute approximate surface area is 143 Å². The fraction of sp³-hybridized carbons (Fsp3) is 0.143. The van der Waals surface area contributed by atoms with Crippen LogP contribution in [0.1, 0.15) is 30.0 Å². The molecule has 0 saturated heterocycles. The van der Waals surface area contributed by atoms with Crippen LogP contribution < -0.4 is 0 Å². The van der Waals surface area contributed by atoms with Crippen LogP contribution in [-0.4, -0.2) is 0 Å². The van der Waals surface area contributed by atoms with E-state index in [0.717, 1.165) is 18.6 Å². The first-order valence-corrected chi connectivity index (χ1v) is 7.86. The molecular formula is C21H14F4. The summed E-state index contributed by atoms with van der Waals surface area (Å²) in [6.45, 7) is 1.93. The summed E-state index contributed by atoms with van der Waals surface area (Å²) in [6.07, 6.45) is 1.38. The minimum absolute atomic E-state index is 0.301. The van der Waals surface area contributed by atoms with Crippen LogP contribution in [0.15, 0.2) is 42.5 Å². The van der Waals surface area contributed by atoms with E-state index in [1.165, 1.54) is 12.1 Å². The van der Waals surface area contributed by atoms with E-state index in [-0.39, 0.29) is 5.56 Å². The molecule has 0 bridgehead atoms. The second-order valence-electron chi connectivity index (χ2n) is 5.76. The lowest BCUT2D eigenvalue weighted by Crippen LogP contribution is -1.94. The third-order valence-electron chi connectivity index (χ3n) is 3.85. The third-order valence-corrected chi connectivity index (χ3v) is 3.85. The first-order chi connectivity index (χ1) is 12.0. The van der Waals surface area contributed by atoms with E-state index in [2.05, 4.69) is 11.8 Å². The van der Waals surface area contributed by atoms with Gasteiger partial charge in [-0.25, -0.2) is 17.6 Å². The number of hydrogen-bond donors (Lipinski definition) is 0. The molecule has 25 heavy (non-hydrogen) atoms. The number of hydrogen-bond acceptors (Lipinski definition) is 0. The minimum atomic E-state index is -0.957. The number of fused-ring (bicyclic) bond motifs is 1. The van der Waals surface area contributed by atoms with Crippen LogP contribution in [0.4, 0.5) is 17.6 Å². The molecule has 126 valence electrons. The monoisotopic (exact) mass is 342 g/mol. The molecule has 0 fully saturated rings. The van der Waals surface area contributed by atoms with Gasteiger partial charge in [0.05, 0.1) is 5.56 Å². The molecule has 0 aliphatic rings. The molecule has 0 unspecified atom stereocenters. The molecule has 0 radical (unpaired) electrons. The highest BCUT2D eigenvalue weighted by molar-refractivity contribution is 5.84. The smallest absolute Gasteiger partial charge is 0.159 e. The number of halogens is 4. The molecule has 0 aromatic heterocycles. The fourth-order valence-electron chi connectivity index (χ4n) is 2.63. The van der Waals surface area contributed by atoms with Crippen molar-refractivity contribution in [1.29, 1.82) is 0 Å². The molecule has 0 aliphatic heterocycles. The predicted octanol–water partition coefficient (Wildman–Crippen LogP) is 5.75. The lowest BCUT2D eigenvalue weighted by atomic mass is 10.0. The Hall–Kier alpha value is -2.80. The zero-order chi connectivity index (χ0) is 18.0. The Morgan fingerprint density at radius 3 is 2.00 bits per heavy atom. The van der Waals surface area contributed by atoms with Crippen molar-refractivity contribution >= 4 is 10.8 Å². The van der Waals surface area contributed by atoms with Crippen molar-refractivity contribution in [3.8, 4) is 11.8 Å². The molecule has 0 nitrogen and oxygen atoms in total. The van der Waals surface area contributed by atoms with Crippen LogP contribution in [-0.2, 0) is 6.42 Å². The van der Waals surface area contributed by atoms with Crippen molar-refractivity contribution in [3.05, 3.63) is 82.4 Å². The highest BCUT2D eigenvalue weighted by atomic mass is 19.2. The van der Waals surface area contributed by atoms with Gasteiger partial charge in [0.15, 0.2) is 11.6 Å². The van der Waals surface area contributed by atoms with E-state index < -0.39 is 23.3 Å². The number of rotatable bonds is 2. The van der Waals surface area contributed by atoms with Gasteiger partial charge in [0.25, 0.3) is 0 Å². The summed E-state index contributed by atoms with van der Waals surface area (Å²) in [5, 5.41) is 0.982. The molecule has 0 atom stereocenters. The van der Waals surface area contributed by atoms with E-state index in [1.807, 2.05) is 6.92 Å². The van der Waals surface area contributed by atoms with Crippen molar-refractivity contribution < 1.29 is 17.6 Å². The molecule has 3 aromatic rings. The average Bonchev–Trinajstić information content (AvgIpc) is 2.55. The summed E-state index contributed by atoms with van der Waals surface area (Å²) in [4.78, 5) is 0. The predicted molar refractivity (Wildman–Crippen MR) is 90.2 cm³/mol. The van der Waals surface area contributed by atoms with Crippen LogP contribution >= 0.6 is 0 Å². The molecule has 0 N–H and O–H groups in total. The Morgan fingerprint density at radius 1 is 0.720 bits per heavy atom. The zero-order valence-electron chi connectivity index (χ0n) is 13.5. The van der Waals surface area contributed by atoms with E-state index in [4.69, 9.17) is 0 Å². The van der Waals surface area contributed by atoms with E-state index in [9.17, 15) is 17.6 Å². The molecule has 0 saturated carbocycles. The molecule has 0 spiro atoms. The topological polar surface area (TPSA) is 0 Å². The van der Waals surface area contributed by atoms with Crippen molar-refractivity contribution in [2.75, 3.05) is 0 Å². The van der Waals surface area contributed by atoms with Gasteiger partial charge in [-0.1, -0.05) is 31.3 Å². The average molecular weight is 342 g/mol. The fourth-order valence-corrected chi connectivity index (χ4v) is 2.63. The van der Waals surface area contributed by atoms with Crippen molar-refractivity contribution in [2.45, 2.75) is 19.8 Å². The SMILES string of the molecule is CCCc1cc(F)c(C#Cc2ccc3cc(F)c(F)cc3c2)c(F)c1. The standard InChI is InChI=1S/C21H14F4/c1-2-3-14-9-18(22)17(19(23)10-14)7-5-13-4-6-15-11-20(24)21(25)12-16(15)8-13/h4,6,8-12H,2-3H2,1H3. The van der Waals surface area contributed by atoms with Gasteiger partial charge >= 0.3 is 0 Å². The first kappa shape index (κ1) is 17.0. The summed E-state index contributed by atoms with van der Waals surface area (Å²) < 4.78 is 54.6. The summed E-state index contributed by atoms with van der Waals surface area (Å²) in [7, 11) is 0. The van der Waals surface area contributed by atoms with E-state index in [0.29, 0.717) is 28.3 Å². The Kier molecular flexibility index (Phi) is 4.76. The molecular weight excluding hydrogens is 328 g/mol. The highest BCUT2D eigenvalue weighted by Crippen LogP contribution is 2.20. The Bertz CT molecular complexity index is 987. The quantitative estimate of drug-likeness (QED) is 0.411. The second kappa shape index (κ2) is 6.98. The van der Waals surface area contributed by atoms with Gasteiger partial charge in [0.2, 0.25) is 0 Å². The van der Waals surface area contributed by atoms with Crippen molar-refractivity contribution in [1.82, 2.24) is 0 Å². The van der Waals surface area contributed by atoms with Gasteiger partial charge in [-0.05, 0) is 59.2 Å². The largest absolute Gasteiger partial charge is 0.206 e. The van der Waals surface area contributed by atoms with Gasteiger partial charge in [-0.3, -0.25) is 0 Å². The minimum Gasteiger partial charge on any atom is -0.206 e. The van der Waals surface area contributed by atoms with Crippen LogP contribution in [0.5, 0.6) is 0 Å². The molecule has 0 heterocycles. The third kappa shape index (κ3) is 3.66. The number of aryl methyl sites for hydroxylation is 1. The Morgan fingerprint density at radius 2 is 1.36 bits per heavy atom. The Balaban J connectivity index is 1.98. The molecule has 4 heteroatoms. The van der Waals surface area contributed by atoms with Crippen LogP contribution in [0.2, 0.25) is 0 Å². The van der Waals surface area contributed by atoms with Crippen LogP contribution in [0.25, 0.3) is 10.8 Å². The molecule has 3 rings (SSSR count). The second-order valence-corrected chi connectivity index (χ2v) is 5.76. The molecule has 0 amide bonds. The van der Waals surface area contributed by atoms with E-state index >= 15 is 0 Å². The first-order valence-electron chi connectivity index (χ1n) is 7.86.